The maximum absolute atomic E-state index is 13.7. The lowest BCUT2D eigenvalue weighted by atomic mass is 10.1. The lowest BCUT2D eigenvalue weighted by Gasteiger charge is -2.16. The van der Waals surface area contributed by atoms with Crippen molar-refractivity contribution in [3.05, 3.63) is 29.6 Å². The summed E-state index contributed by atoms with van der Waals surface area (Å²) in [5.74, 6) is -0.371. The fourth-order valence-corrected chi connectivity index (χ4v) is 2.32. The molecular weight excluding hydrogens is 329 g/mol. The molecule has 1 amide bonds. The first-order valence-electron chi connectivity index (χ1n) is 7.85. The zero-order valence-electron chi connectivity index (χ0n) is 14.7. The lowest BCUT2D eigenvalue weighted by molar-refractivity contribution is 0.0915. The summed E-state index contributed by atoms with van der Waals surface area (Å²) < 4.78 is 24.0. The van der Waals surface area contributed by atoms with Crippen molar-refractivity contribution in [2.24, 2.45) is 0 Å². The number of carbonyl (C=O) groups is 1. The highest BCUT2D eigenvalue weighted by atomic mass is 19.1. The fourth-order valence-electron chi connectivity index (χ4n) is 2.32. The number of amides is 1. The Hall–Kier alpha value is -2.61. The van der Waals surface area contributed by atoms with Crippen molar-refractivity contribution >= 4 is 11.7 Å². The largest absolute Gasteiger partial charge is 0.494 e. The van der Waals surface area contributed by atoms with Crippen LogP contribution in [0.1, 0.15) is 23.7 Å². The van der Waals surface area contributed by atoms with Crippen molar-refractivity contribution in [3.63, 3.8) is 0 Å². The number of anilines is 1. The second kappa shape index (κ2) is 7.98. The van der Waals surface area contributed by atoms with Gasteiger partial charge in [-0.25, -0.2) is 4.39 Å². The summed E-state index contributed by atoms with van der Waals surface area (Å²) in [6.45, 7) is 1.68. The number of ether oxygens (including phenoxy) is 1. The third-order valence-corrected chi connectivity index (χ3v) is 3.79. The van der Waals surface area contributed by atoms with Gasteiger partial charge >= 0.3 is 0 Å². The van der Waals surface area contributed by atoms with Crippen molar-refractivity contribution in [3.8, 4) is 17.1 Å². The normalized spacial score (nSPS) is 11.9. The van der Waals surface area contributed by atoms with Crippen molar-refractivity contribution in [2.45, 2.75) is 19.4 Å². The van der Waals surface area contributed by atoms with Gasteiger partial charge in [-0.05, 0) is 24.6 Å². The Morgan fingerprint density at radius 2 is 2.20 bits per heavy atom. The van der Waals surface area contributed by atoms with Crippen LogP contribution in [0.4, 0.5) is 10.2 Å². The fraction of sp³-hybridized carbons (Fsp3) is 0.412. The molecule has 25 heavy (non-hydrogen) atoms. The van der Waals surface area contributed by atoms with Gasteiger partial charge in [0.2, 0.25) is 0 Å². The Morgan fingerprint density at radius 1 is 1.48 bits per heavy atom. The van der Waals surface area contributed by atoms with Gasteiger partial charge in [-0.1, -0.05) is 12.1 Å². The molecule has 0 unspecified atom stereocenters. The quantitative estimate of drug-likeness (QED) is 0.794. The predicted octanol–water partition coefficient (Wildman–Crippen LogP) is 2.06. The summed E-state index contributed by atoms with van der Waals surface area (Å²) in [7, 11) is 4.81. The van der Waals surface area contributed by atoms with E-state index in [1.54, 1.807) is 19.0 Å². The molecule has 0 aliphatic heterocycles. The molecule has 1 heterocycles. The molecule has 0 aliphatic rings. The van der Waals surface area contributed by atoms with Gasteiger partial charge in [0.1, 0.15) is 5.56 Å². The number of aliphatic hydroxyl groups is 1. The van der Waals surface area contributed by atoms with Gasteiger partial charge in [0.25, 0.3) is 5.91 Å². The van der Waals surface area contributed by atoms with E-state index in [2.05, 4.69) is 10.5 Å². The molecule has 1 aromatic carbocycles. The third kappa shape index (κ3) is 3.90. The molecule has 0 spiro atoms. The van der Waals surface area contributed by atoms with Gasteiger partial charge in [-0.2, -0.15) is 0 Å². The summed E-state index contributed by atoms with van der Waals surface area (Å²) in [4.78, 5) is 14.4. The number of carbonyl (C=O) groups excluding carboxylic acids is 1. The maximum atomic E-state index is 13.7. The van der Waals surface area contributed by atoms with Crippen LogP contribution in [0.2, 0.25) is 0 Å². The molecule has 1 aromatic heterocycles. The number of nitrogens with zero attached hydrogens (tertiary/aromatic N) is 2. The van der Waals surface area contributed by atoms with E-state index in [-0.39, 0.29) is 29.7 Å². The molecule has 0 aliphatic carbocycles. The number of halogens is 1. The number of aromatic nitrogens is 1. The van der Waals surface area contributed by atoms with Crippen LogP contribution in [0.3, 0.4) is 0 Å². The van der Waals surface area contributed by atoms with Crippen LogP contribution in [0.15, 0.2) is 22.7 Å². The highest BCUT2D eigenvalue weighted by Crippen LogP contribution is 2.33. The van der Waals surface area contributed by atoms with Crippen LogP contribution in [-0.2, 0) is 0 Å². The Kier molecular flexibility index (Phi) is 5.97. The Balaban J connectivity index is 2.51. The minimum atomic E-state index is -0.518. The topological polar surface area (TPSA) is 87.8 Å². The van der Waals surface area contributed by atoms with Gasteiger partial charge < -0.3 is 24.6 Å². The first kappa shape index (κ1) is 18.7. The molecule has 2 rings (SSSR count). The molecule has 0 saturated heterocycles. The van der Waals surface area contributed by atoms with E-state index in [0.29, 0.717) is 17.8 Å². The lowest BCUT2D eigenvalue weighted by Crippen LogP contribution is -2.37. The second-order valence-corrected chi connectivity index (χ2v) is 5.72. The van der Waals surface area contributed by atoms with Crippen molar-refractivity contribution in [2.75, 3.05) is 32.7 Å². The van der Waals surface area contributed by atoms with E-state index < -0.39 is 11.7 Å². The molecule has 2 aromatic rings. The minimum absolute atomic E-state index is 0.0356. The van der Waals surface area contributed by atoms with Gasteiger partial charge in [0.15, 0.2) is 23.1 Å². The van der Waals surface area contributed by atoms with Crippen LogP contribution in [0.5, 0.6) is 5.75 Å². The zero-order chi connectivity index (χ0) is 18.6. The molecule has 0 fully saturated rings. The molecule has 0 bridgehead atoms. The Bertz CT molecular complexity index is 741. The summed E-state index contributed by atoms with van der Waals surface area (Å²) in [5, 5.41) is 16.0. The molecule has 0 saturated carbocycles. The van der Waals surface area contributed by atoms with Crippen LogP contribution in [0, 0.1) is 5.82 Å². The predicted molar refractivity (Wildman–Crippen MR) is 91.4 cm³/mol. The first-order chi connectivity index (χ1) is 11.9. The number of rotatable bonds is 7. The van der Waals surface area contributed by atoms with Gasteiger partial charge in [0, 0.05) is 19.7 Å². The number of hydrogen-bond acceptors (Lipinski definition) is 6. The summed E-state index contributed by atoms with van der Waals surface area (Å²) in [6, 6.07) is 3.77. The van der Waals surface area contributed by atoms with Gasteiger partial charge in [-0.3, -0.25) is 4.79 Å². The number of aliphatic hydroxyl groups excluding tert-OH is 1. The average Bonchev–Trinajstić information content (AvgIpc) is 3.05. The molecule has 1 atom stereocenters. The molecular formula is C17H22FN3O4. The Morgan fingerprint density at radius 3 is 2.76 bits per heavy atom. The highest BCUT2D eigenvalue weighted by molar-refractivity contribution is 6.04. The number of benzene rings is 1. The SMILES string of the molecule is CC[C@H](CO)NC(=O)c1c(N(C)C)noc1-c1ccc(F)c(OC)c1. The standard InChI is InChI=1S/C17H22FN3O4/c1-5-11(9-22)19-17(23)14-15(25-20-16(14)21(2)3)10-6-7-12(18)13(8-10)24-4/h6-8,11,22H,5,9H2,1-4H3,(H,19,23)/t11-/m1/s1. The minimum Gasteiger partial charge on any atom is -0.494 e. The summed E-state index contributed by atoms with van der Waals surface area (Å²) in [5.41, 5.74) is 0.673. The monoisotopic (exact) mass is 351 g/mol. The third-order valence-electron chi connectivity index (χ3n) is 3.79. The first-order valence-corrected chi connectivity index (χ1v) is 7.85. The summed E-state index contributed by atoms with van der Waals surface area (Å²) in [6.07, 6.45) is 0.574. The van der Waals surface area contributed by atoms with Crippen LogP contribution >= 0.6 is 0 Å². The smallest absolute Gasteiger partial charge is 0.259 e. The zero-order valence-corrected chi connectivity index (χ0v) is 14.7. The van der Waals surface area contributed by atoms with Gasteiger partial charge in [-0.15, -0.1) is 0 Å². The Labute approximate surface area is 145 Å². The van der Waals surface area contributed by atoms with Crippen molar-refractivity contribution in [1.29, 1.82) is 0 Å². The van der Waals surface area contributed by atoms with Crippen molar-refractivity contribution in [1.82, 2.24) is 10.5 Å². The molecule has 2 N–H and O–H groups in total. The molecule has 8 heteroatoms. The van der Waals surface area contributed by atoms with E-state index in [1.807, 2.05) is 6.92 Å². The molecule has 136 valence electrons. The number of hydrogen-bond donors (Lipinski definition) is 2. The summed E-state index contributed by atoms with van der Waals surface area (Å²) >= 11 is 0. The number of nitrogens with one attached hydrogen (secondary N) is 1. The molecule has 7 nitrogen and oxygen atoms in total. The maximum Gasteiger partial charge on any atom is 0.259 e. The van der Waals surface area contributed by atoms with E-state index >= 15 is 0 Å². The van der Waals surface area contributed by atoms with Crippen LogP contribution in [-0.4, -0.2) is 50.0 Å². The van der Waals surface area contributed by atoms with E-state index in [1.165, 1.54) is 25.3 Å². The van der Waals surface area contributed by atoms with Crippen molar-refractivity contribution < 1.29 is 23.6 Å². The number of methoxy groups -OCH3 is 1. The van der Waals surface area contributed by atoms with Gasteiger partial charge in [0.05, 0.1) is 19.8 Å². The average molecular weight is 351 g/mol. The highest BCUT2D eigenvalue weighted by Gasteiger charge is 2.27. The van der Waals surface area contributed by atoms with E-state index in [0.717, 1.165) is 0 Å². The second-order valence-electron chi connectivity index (χ2n) is 5.72. The van der Waals surface area contributed by atoms with Crippen LogP contribution < -0.4 is 15.0 Å². The molecule has 0 radical (unpaired) electrons. The van der Waals surface area contributed by atoms with E-state index in [4.69, 9.17) is 9.26 Å². The van der Waals surface area contributed by atoms with E-state index in [9.17, 15) is 14.3 Å². The van der Waals surface area contributed by atoms with Crippen LogP contribution in [0.25, 0.3) is 11.3 Å².